The third-order valence-corrected chi connectivity index (χ3v) is 4.17. The standard InChI is InChI=1S/C16H14NS.HI/c1-17-14-9-5-6-10-15(14)18-16(17)12-11-13-7-3-2-4-8-13;/h2-12H,1H3;1H/q+1;/p-1. The molecule has 96 valence electrons. The monoisotopic (exact) mass is 379 g/mol. The molecule has 1 nitrogen and oxygen atoms in total. The number of fused-ring (bicyclic) bond motifs is 1. The molecule has 0 radical (unpaired) electrons. The summed E-state index contributed by atoms with van der Waals surface area (Å²) in [7, 11) is 2.11. The van der Waals surface area contributed by atoms with E-state index in [0.717, 1.165) is 0 Å². The van der Waals surface area contributed by atoms with E-state index in [0.29, 0.717) is 0 Å². The zero-order valence-electron chi connectivity index (χ0n) is 10.6. The minimum atomic E-state index is 0. The molecule has 3 heteroatoms. The van der Waals surface area contributed by atoms with Crippen LogP contribution in [-0.4, -0.2) is 0 Å². The Labute approximate surface area is 134 Å². The molecule has 0 N–H and O–H groups in total. The molecule has 0 atom stereocenters. The molecule has 1 heterocycles. The molecule has 3 rings (SSSR count). The number of benzene rings is 2. The van der Waals surface area contributed by atoms with Crippen LogP contribution in [0.2, 0.25) is 0 Å². The van der Waals surface area contributed by atoms with Gasteiger partial charge >= 0.3 is 0 Å². The van der Waals surface area contributed by atoms with Crippen molar-refractivity contribution in [2.24, 2.45) is 7.05 Å². The normalized spacial score (nSPS) is 10.8. The molecule has 0 saturated carbocycles. The quantitative estimate of drug-likeness (QED) is 0.460. The van der Waals surface area contributed by atoms with Gasteiger partial charge in [0, 0.05) is 12.1 Å². The fourth-order valence-electron chi connectivity index (χ4n) is 2.00. The van der Waals surface area contributed by atoms with Gasteiger partial charge in [0.15, 0.2) is 0 Å². The van der Waals surface area contributed by atoms with Crippen LogP contribution in [0.25, 0.3) is 22.4 Å². The maximum absolute atomic E-state index is 2.24. The average Bonchev–Trinajstić information content (AvgIpc) is 2.75. The molecule has 0 aliphatic rings. The van der Waals surface area contributed by atoms with Crippen LogP contribution < -0.4 is 28.5 Å². The lowest BCUT2D eigenvalue weighted by molar-refractivity contribution is -0.642. The van der Waals surface area contributed by atoms with E-state index >= 15 is 0 Å². The SMILES string of the molecule is C[n+]1c(C=Cc2ccccc2)sc2ccccc21.[I-]. The predicted molar refractivity (Wildman–Crippen MR) is 78.4 cm³/mol. The molecule has 0 aliphatic heterocycles. The third-order valence-electron chi connectivity index (χ3n) is 2.99. The van der Waals surface area contributed by atoms with Crippen LogP contribution in [0.3, 0.4) is 0 Å². The van der Waals surface area contributed by atoms with Crippen LogP contribution in [0.4, 0.5) is 0 Å². The number of halogens is 1. The Balaban J connectivity index is 0.00000133. The lowest BCUT2D eigenvalue weighted by atomic mass is 10.2. The van der Waals surface area contributed by atoms with E-state index < -0.39 is 0 Å². The molecule has 0 unspecified atom stereocenters. The second-order valence-electron chi connectivity index (χ2n) is 4.21. The Morgan fingerprint density at radius 3 is 2.32 bits per heavy atom. The largest absolute Gasteiger partial charge is 1.00 e. The number of thiazole rings is 1. The molecule has 0 spiro atoms. The van der Waals surface area contributed by atoms with Crippen molar-refractivity contribution in [3.63, 3.8) is 0 Å². The Kier molecular flexibility index (Phi) is 4.71. The number of para-hydroxylation sites is 1. The van der Waals surface area contributed by atoms with Crippen LogP contribution in [0.1, 0.15) is 10.6 Å². The fourth-order valence-corrected chi connectivity index (χ4v) is 3.05. The third kappa shape index (κ3) is 3.04. The van der Waals surface area contributed by atoms with Crippen molar-refractivity contribution in [3.8, 4) is 0 Å². The van der Waals surface area contributed by atoms with Gasteiger partial charge in [-0.15, -0.1) is 0 Å². The maximum atomic E-state index is 2.24. The zero-order valence-corrected chi connectivity index (χ0v) is 13.6. The number of nitrogens with zero attached hydrogens (tertiary/aromatic N) is 1. The van der Waals surface area contributed by atoms with Crippen molar-refractivity contribution in [2.45, 2.75) is 0 Å². The Hall–Kier alpha value is -1.20. The van der Waals surface area contributed by atoms with Gasteiger partial charge in [0.1, 0.15) is 11.7 Å². The maximum Gasteiger partial charge on any atom is 0.262 e. The van der Waals surface area contributed by atoms with E-state index in [1.54, 1.807) is 0 Å². The smallest absolute Gasteiger partial charge is 0.262 e. The van der Waals surface area contributed by atoms with Crippen molar-refractivity contribution in [2.75, 3.05) is 0 Å². The number of rotatable bonds is 2. The van der Waals surface area contributed by atoms with Crippen LogP contribution in [0.15, 0.2) is 54.6 Å². The first-order valence-electron chi connectivity index (χ1n) is 5.95. The average molecular weight is 379 g/mol. The van der Waals surface area contributed by atoms with Gasteiger partial charge in [0.05, 0.1) is 0 Å². The molecule has 0 fully saturated rings. The van der Waals surface area contributed by atoms with Crippen molar-refractivity contribution >= 4 is 33.7 Å². The Morgan fingerprint density at radius 2 is 1.58 bits per heavy atom. The van der Waals surface area contributed by atoms with Crippen LogP contribution in [-0.2, 0) is 7.05 Å². The molecule has 0 aliphatic carbocycles. The van der Waals surface area contributed by atoms with Gasteiger partial charge < -0.3 is 24.0 Å². The van der Waals surface area contributed by atoms with Crippen LogP contribution in [0, 0.1) is 0 Å². The van der Waals surface area contributed by atoms with Crippen molar-refractivity contribution in [1.29, 1.82) is 0 Å². The summed E-state index contributed by atoms with van der Waals surface area (Å²) in [6.45, 7) is 0. The molecular formula is C16H14INS. The van der Waals surface area contributed by atoms with E-state index in [4.69, 9.17) is 0 Å². The van der Waals surface area contributed by atoms with E-state index in [2.05, 4.69) is 72.3 Å². The van der Waals surface area contributed by atoms with Crippen molar-refractivity contribution in [3.05, 3.63) is 65.2 Å². The molecule has 2 aromatic carbocycles. The minimum Gasteiger partial charge on any atom is -1.00 e. The molecule has 3 aromatic rings. The second-order valence-corrected chi connectivity index (χ2v) is 5.27. The zero-order chi connectivity index (χ0) is 12.4. The van der Waals surface area contributed by atoms with Crippen molar-refractivity contribution in [1.82, 2.24) is 0 Å². The highest BCUT2D eigenvalue weighted by Gasteiger charge is 2.12. The molecule has 0 saturated heterocycles. The number of hydrogen-bond acceptors (Lipinski definition) is 1. The van der Waals surface area contributed by atoms with Crippen LogP contribution >= 0.6 is 11.3 Å². The summed E-state index contributed by atoms with van der Waals surface area (Å²) in [5.41, 5.74) is 2.52. The summed E-state index contributed by atoms with van der Waals surface area (Å²) >= 11 is 1.82. The van der Waals surface area contributed by atoms with Gasteiger partial charge in [-0.05, 0) is 17.7 Å². The Bertz CT molecular complexity index is 701. The van der Waals surface area contributed by atoms with Gasteiger partial charge in [-0.3, -0.25) is 0 Å². The summed E-state index contributed by atoms with van der Waals surface area (Å²) in [5.74, 6) is 0. The molecule has 19 heavy (non-hydrogen) atoms. The van der Waals surface area contributed by atoms with Gasteiger partial charge in [-0.1, -0.05) is 53.8 Å². The molecule has 0 bridgehead atoms. The second kappa shape index (κ2) is 6.30. The summed E-state index contributed by atoms with van der Waals surface area (Å²) in [6, 6.07) is 18.9. The van der Waals surface area contributed by atoms with Crippen molar-refractivity contribution < 1.29 is 28.5 Å². The topological polar surface area (TPSA) is 3.88 Å². The van der Waals surface area contributed by atoms with E-state index in [1.807, 2.05) is 17.4 Å². The number of hydrogen-bond donors (Lipinski definition) is 0. The Morgan fingerprint density at radius 1 is 0.895 bits per heavy atom. The predicted octanol–water partition coefficient (Wildman–Crippen LogP) is 0.900. The summed E-state index contributed by atoms with van der Waals surface area (Å²) in [4.78, 5) is 0. The highest BCUT2D eigenvalue weighted by molar-refractivity contribution is 7.18. The first-order chi connectivity index (χ1) is 8.84. The van der Waals surface area contributed by atoms with E-state index in [-0.39, 0.29) is 24.0 Å². The number of aromatic nitrogens is 1. The summed E-state index contributed by atoms with van der Waals surface area (Å²) in [6.07, 6.45) is 4.34. The number of aryl methyl sites for hydroxylation is 1. The lowest BCUT2D eigenvalue weighted by Gasteiger charge is -1.89. The van der Waals surface area contributed by atoms with E-state index in [1.165, 1.54) is 20.8 Å². The fraction of sp³-hybridized carbons (Fsp3) is 0.0625. The highest BCUT2D eigenvalue weighted by atomic mass is 127. The van der Waals surface area contributed by atoms with E-state index in [9.17, 15) is 0 Å². The van der Waals surface area contributed by atoms with Crippen LogP contribution in [0.5, 0.6) is 0 Å². The van der Waals surface area contributed by atoms with Gasteiger partial charge in [-0.25, -0.2) is 0 Å². The summed E-state index contributed by atoms with van der Waals surface area (Å²) < 4.78 is 3.56. The minimum absolute atomic E-state index is 0. The molecule has 0 amide bonds. The lowest BCUT2D eigenvalue weighted by Crippen LogP contribution is -3.00. The first kappa shape index (κ1) is 14.2. The molecule has 1 aromatic heterocycles. The van der Waals surface area contributed by atoms with Gasteiger partial charge in [-0.2, -0.15) is 4.57 Å². The van der Waals surface area contributed by atoms with Gasteiger partial charge in [0.2, 0.25) is 5.52 Å². The molecular weight excluding hydrogens is 365 g/mol. The summed E-state index contributed by atoms with van der Waals surface area (Å²) in [5, 5.41) is 1.26. The first-order valence-corrected chi connectivity index (χ1v) is 6.77. The van der Waals surface area contributed by atoms with Gasteiger partial charge in [0.25, 0.3) is 5.01 Å². The highest BCUT2D eigenvalue weighted by Crippen LogP contribution is 2.21.